The molecule has 0 aromatic heterocycles. The molecule has 0 aromatic carbocycles. The van der Waals surface area contributed by atoms with Gasteiger partial charge < -0.3 is 6.15 Å². The maximum atomic E-state index is 4.56. The van der Waals surface area contributed by atoms with Crippen LogP contribution < -0.4 is 6.15 Å². The molecule has 40 valence electrons. The van der Waals surface area contributed by atoms with Crippen LogP contribution in [-0.4, -0.2) is 0 Å². The van der Waals surface area contributed by atoms with Crippen LogP contribution in [0.4, 0.5) is 0 Å². The Bertz CT molecular complexity index is 90.7. The van der Waals surface area contributed by atoms with Crippen molar-refractivity contribution in [2.75, 3.05) is 0 Å². The van der Waals surface area contributed by atoms with Crippen molar-refractivity contribution in [3.63, 3.8) is 0 Å². The summed E-state index contributed by atoms with van der Waals surface area (Å²) in [5, 5.41) is 0. The van der Waals surface area contributed by atoms with E-state index in [0.717, 1.165) is 0 Å². The van der Waals surface area contributed by atoms with E-state index in [1.807, 2.05) is 0 Å². The van der Waals surface area contributed by atoms with Gasteiger partial charge in [0.15, 0.2) is 0 Å². The Labute approximate surface area is 55.8 Å². The van der Waals surface area contributed by atoms with Crippen molar-refractivity contribution in [2.24, 2.45) is 0 Å². The molecule has 1 nitrogen and oxygen atoms in total. The fourth-order valence-corrected chi connectivity index (χ4v) is 0. The van der Waals surface area contributed by atoms with Crippen LogP contribution in [-0.2, 0) is 9.86 Å². The van der Waals surface area contributed by atoms with E-state index in [-0.39, 0.29) is 6.15 Å². The van der Waals surface area contributed by atoms with Crippen LogP contribution in [0, 0.1) is 0 Å². The Morgan fingerprint density at radius 2 is 1.17 bits per heavy atom. The quantitative estimate of drug-likeness (QED) is 0.451. The van der Waals surface area contributed by atoms with Gasteiger partial charge in [-0.05, 0) is 0 Å². The Hall–Kier alpha value is 1.79. The minimum absolute atomic E-state index is 0. The van der Waals surface area contributed by atoms with Gasteiger partial charge in [0, 0.05) is 0 Å². The standard InChI is InChI=1S/Mo.H3N.2H2S.2S/h;1H3;2*1H2;;/q+2;;;;;/p-2. The van der Waals surface area contributed by atoms with Crippen molar-refractivity contribution in [2.45, 2.75) is 0 Å². The molecule has 0 aliphatic rings. The van der Waals surface area contributed by atoms with Gasteiger partial charge in [0.2, 0.25) is 0 Å². The minimum atomic E-state index is -2.46. The Morgan fingerprint density at radius 1 is 1.17 bits per heavy atom. The third-order valence-electron chi connectivity index (χ3n) is 0. The van der Waals surface area contributed by atoms with Crippen LogP contribution >= 0.6 is 40.3 Å². The molecule has 0 aliphatic heterocycles. The molecule has 0 aliphatic carbocycles. The summed E-state index contributed by atoms with van der Waals surface area (Å²) in [7, 11) is 14.3. The second kappa shape index (κ2) is 3.75. The molecule has 6 heavy (non-hydrogen) atoms. The molecule has 0 unspecified atom stereocenters. The van der Waals surface area contributed by atoms with E-state index < -0.39 is 9.86 Å². The van der Waals surface area contributed by atoms with Gasteiger partial charge in [-0.1, -0.05) is 0 Å². The first-order chi connectivity index (χ1) is 2.00. The first kappa shape index (κ1) is 10.7. The molecule has 0 radical (unpaired) electrons. The van der Waals surface area contributed by atoms with Gasteiger partial charge in [-0.2, -0.15) is 0 Å². The van der Waals surface area contributed by atoms with Gasteiger partial charge in [-0.3, -0.25) is 0 Å². The Kier molecular flexibility index (Phi) is 6.69. The summed E-state index contributed by atoms with van der Waals surface area (Å²) in [5.74, 6) is 0. The van der Waals surface area contributed by atoms with Crippen molar-refractivity contribution < 1.29 is 9.86 Å². The molecule has 0 fully saturated rings. The summed E-state index contributed by atoms with van der Waals surface area (Å²) < 4.78 is 0. The van der Waals surface area contributed by atoms with E-state index >= 15 is 0 Å². The van der Waals surface area contributed by atoms with Crippen molar-refractivity contribution >= 4 is 40.3 Å². The third-order valence-corrected chi connectivity index (χ3v) is 0. The molecular formula is H5MoNS4. The zero-order chi connectivity index (χ0) is 4.50. The molecule has 0 saturated heterocycles. The monoisotopic (exact) mass is 245 g/mol. The second-order valence-corrected chi connectivity index (χ2v) is 23.8. The van der Waals surface area contributed by atoms with E-state index in [4.69, 9.17) is 0 Å². The molecule has 3 N–H and O–H groups in total. The van der Waals surface area contributed by atoms with Gasteiger partial charge in [0.1, 0.15) is 0 Å². The van der Waals surface area contributed by atoms with Crippen molar-refractivity contribution in [3.05, 3.63) is 0 Å². The summed E-state index contributed by atoms with van der Waals surface area (Å²) in [6.07, 6.45) is 0. The Morgan fingerprint density at radius 3 is 1.17 bits per heavy atom. The molecule has 0 bridgehead atoms. The first-order valence-electron chi connectivity index (χ1n) is 0.698. The maximum absolute atomic E-state index is 4.56. The molecule has 0 amide bonds. The molecule has 0 spiro atoms. The zero-order valence-corrected chi connectivity index (χ0v) is 8.26. The molecule has 0 aromatic rings. The molecule has 0 rings (SSSR count). The van der Waals surface area contributed by atoms with Gasteiger partial charge >= 0.3 is 50.2 Å². The van der Waals surface area contributed by atoms with Gasteiger partial charge in [0.25, 0.3) is 0 Å². The van der Waals surface area contributed by atoms with Crippen molar-refractivity contribution in [1.82, 2.24) is 6.15 Å². The number of hydrogen-bond acceptors (Lipinski definition) is 3. The van der Waals surface area contributed by atoms with Crippen LogP contribution in [0.25, 0.3) is 0 Å². The van der Waals surface area contributed by atoms with Gasteiger partial charge in [0.05, 0.1) is 0 Å². The molecule has 6 heteroatoms. The summed E-state index contributed by atoms with van der Waals surface area (Å²) >= 11 is 0. The summed E-state index contributed by atoms with van der Waals surface area (Å²) in [6.45, 7) is 0. The average Bonchev–Trinajstić information content (AvgIpc) is 0.722. The van der Waals surface area contributed by atoms with E-state index in [2.05, 4.69) is 40.3 Å². The first-order valence-corrected chi connectivity index (χ1v) is 12.4. The molecular weight excluding hydrogens is 238 g/mol. The van der Waals surface area contributed by atoms with Crippen LogP contribution in [0.3, 0.4) is 0 Å². The van der Waals surface area contributed by atoms with Crippen LogP contribution in [0.1, 0.15) is 0 Å². The van der Waals surface area contributed by atoms with Crippen molar-refractivity contribution in [3.8, 4) is 0 Å². The van der Waals surface area contributed by atoms with Gasteiger partial charge in [-0.25, -0.2) is 0 Å². The number of hydrogen-bond donors (Lipinski definition) is 3. The van der Waals surface area contributed by atoms with E-state index in [9.17, 15) is 0 Å². The summed E-state index contributed by atoms with van der Waals surface area (Å²) in [5.41, 5.74) is 0. The SMILES string of the molecule is N.[S]=[Mo](=[S])([SH])[SH]. The van der Waals surface area contributed by atoms with E-state index in [1.54, 1.807) is 0 Å². The average molecular weight is 243 g/mol. The van der Waals surface area contributed by atoms with Crippen LogP contribution in [0.2, 0.25) is 0 Å². The second-order valence-electron chi connectivity index (χ2n) is 0.448. The fraction of sp³-hybridized carbons (Fsp3) is 0. The third kappa shape index (κ3) is 41.5. The predicted molar refractivity (Wildman–Crippen MR) is 38.2 cm³/mol. The normalized spacial score (nSPS) is 9.67. The van der Waals surface area contributed by atoms with E-state index in [0.29, 0.717) is 0 Å². The number of thiol groups is 2. The topological polar surface area (TPSA) is 35.0 Å². The summed E-state index contributed by atoms with van der Waals surface area (Å²) in [6, 6.07) is 0. The zero-order valence-electron chi connectivity index (χ0n) is 2.83. The molecule has 0 saturated carbocycles. The van der Waals surface area contributed by atoms with Crippen molar-refractivity contribution in [1.29, 1.82) is 0 Å². The molecule has 0 atom stereocenters. The van der Waals surface area contributed by atoms with E-state index in [1.165, 1.54) is 0 Å². The summed E-state index contributed by atoms with van der Waals surface area (Å²) in [4.78, 5) is 0. The van der Waals surface area contributed by atoms with Gasteiger partial charge in [-0.15, -0.1) is 0 Å². The Balaban J connectivity index is 0. The fourth-order valence-electron chi connectivity index (χ4n) is 0. The van der Waals surface area contributed by atoms with Crippen LogP contribution in [0.5, 0.6) is 0 Å². The van der Waals surface area contributed by atoms with Crippen LogP contribution in [0.15, 0.2) is 0 Å². The predicted octanol–water partition coefficient (Wildman–Crippen LogP) is 2.22. The number of rotatable bonds is 0. The molecule has 0 heterocycles.